The van der Waals surface area contributed by atoms with E-state index in [1.165, 1.54) is 60.8 Å². The number of H-pyrrole nitrogens is 2. The molecule has 0 bridgehead atoms. The summed E-state index contributed by atoms with van der Waals surface area (Å²) in [5, 5.41) is 8.93. The molecule has 6 aromatic rings. The maximum absolute atomic E-state index is 3.86. The average Bonchev–Trinajstić information content (AvgIpc) is 3.52. The summed E-state index contributed by atoms with van der Waals surface area (Å²) in [6, 6.07) is 32.8. The van der Waals surface area contributed by atoms with Gasteiger partial charge in [-0.3, -0.25) is 0 Å². The van der Waals surface area contributed by atoms with Crippen LogP contribution in [0.1, 0.15) is 17.3 Å². The van der Waals surface area contributed by atoms with Gasteiger partial charge < -0.3 is 15.3 Å². The summed E-state index contributed by atoms with van der Waals surface area (Å²) in [6.07, 6.45) is 0.972. The molecule has 0 spiro atoms. The first-order chi connectivity index (χ1) is 15.3. The third-order valence-electron chi connectivity index (χ3n) is 6.60. The fraction of sp³-hybridized carbons (Fsp3) is 0.0714. The first kappa shape index (κ1) is 16.8. The largest absolute Gasteiger partial charge is 0.376 e. The molecule has 148 valence electrons. The lowest BCUT2D eigenvalue weighted by Gasteiger charge is -2.14. The smallest absolute Gasteiger partial charge is 0.0704 e. The summed E-state index contributed by atoms with van der Waals surface area (Å²) in [6.45, 7) is 0. The molecule has 3 nitrogen and oxygen atoms in total. The molecule has 3 heterocycles. The maximum atomic E-state index is 3.86. The number of aromatic nitrogens is 2. The van der Waals surface area contributed by atoms with Crippen molar-refractivity contribution in [3.05, 3.63) is 102 Å². The van der Waals surface area contributed by atoms with E-state index in [0.717, 1.165) is 6.42 Å². The highest BCUT2D eigenvalue weighted by atomic mass is 15.0. The Bertz CT molecular complexity index is 1540. The Morgan fingerprint density at radius 1 is 0.645 bits per heavy atom. The van der Waals surface area contributed by atoms with Gasteiger partial charge in [-0.15, -0.1) is 0 Å². The number of aromatic amines is 2. The zero-order valence-electron chi connectivity index (χ0n) is 16.9. The zero-order valence-corrected chi connectivity index (χ0v) is 16.9. The molecule has 0 radical (unpaired) electrons. The molecular weight excluding hydrogens is 378 g/mol. The van der Waals surface area contributed by atoms with Gasteiger partial charge in [-0.05, 0) is 52.1 Å². The van der Waals surface area contributed by atoms with E-state index in [-0.39, 0.29) is 6.04 Å². The lowest BCUT2D eigenvalue weighted by molar-refractivity contribution is 0.800. The van der Waals surface area contributed by atoms with Gasteiger partial charge in [-0.1, -0.05) is 60.7 Å². The van der Waals surface area contributed by atoms with E-state index in [0.29, 0.717) is 0 Å². The van der Waals surface area contributed by atoms with Crippen LogP contribution in [0.15, 0.2) is 91.0 Å². The predicted octanol–water partition coefficient (Wildman–Crippen LogP) is 7.18. The molecule has 2 aromatic heterocycles. The monoisotopic (exact) mass is 399 g/mol. The molecule has 3 N–H and O–H groups in total. The molecule has 0 fully saturated rings. The van der Waals surface area contributed by atoms with Gasteiger partial charge in [0.25, 0.3) is 0 Å². The Morgan fingerprint density at radius 3 is 2.10 bits per heavy atom. The second kappa shape index (κ2) is 6.26. The highest BCUT2D eigenvalue weighted by Gasteiger charge is 2.28. The molecular formula is C28H21N3. The van der Waals surface area contributed by atoms with Crippen molar-refractivity contribution in [3.8, 4) is 11.3 Å². The van der Waals surface area contributed by atoms with Crippen molar-refractivity contribution >= 4 is 38.3 Å². The molecule has 0 saturated carbocycles. The Morgan fingerprint density at radius 2 is 1.32 bits per heavy atom. The minimum atomic E-state index is 0.238. The Hall–Kier alpha value is -3.98. The third-order valence-corrected chi connectivity index (χ3v) is 6.60. The Kier molecular flexibility index (Phi) is 3.39. The van der Waals surface area contributed by atoms with Gasteiger partial charge in [0, 0.05) is 45.5 Å². The summed E-state index contributed by atoms with van der Waals surface area (Å²) in [7, 11) is 0. The van der Waals surface area contributed by atoms with Crippen molar-refractivity contribution in [1.29, 1.82) is 0 Å². The second-order valence-electron chi connectivity index (χ2n) is 8.49. The molecule has 1 atom stereocenters. The zero-order chi connectivity index (χ0) is 20.4. The number of para-hydroxylation sites is 2. The van der Waals surface area contributed by atoms with Crippen molar-refractivity contribution in [1.82, 2.24) is 9.97 Å². The minimum absolute atomic E-state index is 0.238. The third kappa shape index (κ3) is 2.53. The van der Waals surface area contributed by atoms with Crippen molar-refractivity contribution in [3.63, 3.8) is 0 Å². The number of benzene rings is 4. The van der Waals surface area contributed by atoms with E-state index in [4.69, 9.17) is 0 Å². The van der Waals surface area contributed by atoms with Crippen molar-refractivity contribution in [2.75, 3.05) is 5.32 Å². The first-order valence-corrected chi connectivity index (χ1v) is 10.8. The summed E-state index contributed by atoms with van der Waals surface area (Å²) in [4.78, 5) is 7.29. The van der Waals surface area contributed by atoms with Gasteiger partial charge in [-0.25, -0.2) is 0 Å². The summed E-state index contributed by atoms with van der Waals surface area (Å²) in [5.41, 5.74) is 8.65. The molecule has 0 aliphatic carbocycles. The topological polar surface area (TPSA) is 43.6 Å². The van der Waals surface area contributed by atoms with Crippen molar-refractivity contribution in [2.24, 2.45) is 0 Å². The number of hydrogen-bond acceptors (Lipinski definition) is 1. The number of hydrogen-bond donors (Lipinski definition) is 3. The van der Waals surface area contributed by atoms with E-state index < -0.39 is 0 Å². The summed E-state index contributed by atoms with van der Waals surface area (Å²) in [5.74, 6) is 0. The van der Waals surface area contributed by atoms with Crippen LogP contribution in [0.2, 0.25) is 0 Å². The summed E-state index contributed by atoms with van der Waals surface area (Å²) < 4.78 is 0. The van der Waals surface area contributed by atoms with Crippen LogP contribution < -0.4 is 5.32 Å². The van der Waals surface area contributed by atoms with Crippen LogP contribution in [-0.4, -0.2) is 9.97 Å². The van der Waals surface area contributed by atoms with Crippen LogP contribution in [0.4, 0.5) is 5.69 Å². The highest BCUT2D eigenvalue weighted by Crippen LogP contribution is 2.45. The van der Waals surface area contributed by atoms with Crippen LogP contribution in [0, 0.1) is 0 Å². The molecule has 1 aliphatic heterocycles. The SMILES string of the molecule is c1ccc2[nH]c(-c3c4c(cc5ccccc35)CC(c3cc5ccccc5[nH]3)N4)cc2c1. The minimum Gasteiger partial charge on any atom is -0.376 e. The van der Waals surface area contributed by atoms with E-state index in [1.807, 2.05) is 0 Å². The Labute approximate surface area is 179 Å². The molecule has 1 unspecified atom stereocenters. The number of nitrogens with one attached hydrogen (secondary N) is 3. The van der Waals surface area contributed by atoms with Crippen LogP contribution in [-0.2, 0) is 6.42 Å². The highest BCUT2D eigenvalue weighted by molar-refractivity contribution is 6.06. The normalized spacial score (nSPS) is 15.5. The molecule has 0 saturated heterocycles. The molecule has 0 amide bonds. The number of fused-ring (bicyclic) bond motifs is 4. The van der Waals surface area contributed by atoms with E-state index in [2.05, 4.69) is 106 Å². The van der Waals surface area contributed by atoms with Crippen LogP contribution in [0.3, 0.4) is 0 Å². The van der Waals surface area contributed by atoms with Gasteiger partial charge in [-0.2, -0.15) is 0 Å². The average molecular weight is 399 g/mol. The number of anilines is 1. The van der Waals surface area contributed by atoms with Gasteiger partial charge in [0.15, 0.2) is 0 Å². The molecule has 1 aliphatic rings. The van der Waals surface area contributed by atoms with Gasteiger partial charge in [0.1, 0.15) is 0 Å². The maximum Gasteiger partial charge on any atom is 0.0704 e. The van der Waals surface area contributed by atoms with Crippen molar-refractivity contribution < 1.29 is 0 Å². The predicted molar refractivity (Wildman–Crippen MR) is 130 cm³/mol. The molecule has 4 aromatic carbocycles. The summed E-state index contributed by atoms with van der Waals surface area (Å²) >= 11 is 0. The molecule has 31 heavy (non-hydrogen) atoms. The lowest BCUT2D eigenvalue weighted by atomic mass is 9.96. The molecule has 3 heteroatoms. The Balaban J connectivity index is 1.42. The number of rotatable bonds is 2. The first-order valence-electron chi connectivity index (χ1n) is 10.8. The van der Waals surface area contributed by atoms with Crippen LogP contribution in [0.5, 0.6) is 0 Å². The van der Waals surface area contributed by atoms with Crippen molar-refractivity contribution in [2.45, 2.75) is 12.5 Å². The van der Waals surface area contributed by atoms with Crippen LogP contribution >= 0.6 is 0 Å². The van der Waals surface area contributed by atoms with E-state index >= 15 is 0 Å². The van der Waals surface area contributed by atoms with Gasteiger partial charge in [0.2, 0.25) is 0 Å². The fourth-order valence-corrected chi connectivity index (χ4v) is 5.14. The molecule has 7 rings (SSSR count). The standard InChI is InChI=1S/C28H21N3/c1-4-10-21-17(7-1)13-20-16-25(24-14-18-8-2-5-11-22(18)29-24)31-28(20)27(21)26-15-19-9-3-6-12-23(19)30-26/h1-15,25,29-31H,16H2. The lowest BCUT2D eigenvalue weighted by Crippen LogP contribution is -2.06. The van der Waals surface area contributed by atoms with Gasteiger partial charge >= 0.3 is 0 Å². The second-order valence-corrected chi connectivity index (χ2v) is 8.49. The van der Waals surface area contributed by atoms with E-state index in [9.17, 15) is 0 Å². The fourth-order valence-electron chi connectivity index (χ4n) is 5.14. The van der Waals surface area contributed by atoms with Crippen LogP contribution in [0.25, 0.3) is 43.8 Å². The quantitative estimate of drug-likeness (QED) is 0.284. The van der Waals surface area contributed by atoms with Gasteiger partial charge in [0.05, 0.1) is 6.04 Å². The van der Waals surface area contributed by atoms with E-state index in [1.54, 1.807) is 0 Å².